The molecule has 1 fully saturated rings. The van der Waals surface area contributed by atoms with Crippen molar-refractivity contribution in [3.8, 4) is 0 Å². The molecule has 1 aromatic carbocycles. The van der Waals surface area contributed by atoms with Gasteiger partial charge in [-0.1, -0.05) is 44.7 Å². The minimum absolute atomic E-state index is 0.0243. The lowest BCUT2D eigenvalue weighted by Crippen LogP contribution is -2.20. The fraction of sp³-hybridized carbons (Fsp3) is 0.556. The Morgan fingerprint density at radius 3 is 2.35 bits per heavy atom. The van der Waals surface area contributed by atoms with Crippen LogP contribution in [0.4, 0.5) is 13.2 Å². The molecule has 0 bridgehead atoms. The van der Waals surface area contributed by atoms with Crippen molar-refractivity contribution in [1.82, 2.24) is 0 Å². The molecule has 1 unspecified atom stereocenters. The predicted octanol–water partition coefficient (Wildman–Crippen LogP) is 7.41. The molecule has 128 valence electrons. The standard InChI is InChI=1S/C18H22ClF3S/c1-2-13-10-7-11-16-15(13)12-17(23(16,19)18(20,21)22)14-8-5-3-4-6-9-14/h7,10-12,14H,2-6,8-9H2,1H3. The molecule has 23 heavy (non-hydrogen) atoms. The third kappa shape index (κ3) is 2.82. The van der Waals surface area contributed by atoms with E-state index in [0.29, 0.717) is 9.80 Å². The van der Waals surface area contributed by atoms with E-state index >= 15 is 0 Å². The summed E-state index contributed by atoms with van der Waals surface area (Å²) < 4.78 is 42.1. The van der Waals surface area contributed by atoms with E-state index in [1.165, 1.54) is 0 Å². The monoisotopic (exact) mass is 362 g/mol. The second-order valence-corrected chi connectivity index (χ2v) is 10.2. The van der Waals surface area contributed by atoms with E-state index in [9.17, 15) is 13.2 Å². The molecule has 5 heteroatoms. The molecule has 0 saturated heterocycles. The molecule has 1 aromatic rings. The first-order valence-corrected chi connectivity index (χ1v) is 10.8. The van der Waals surface area contributed by atoms with Gasteiger partial charge in [-0.3, -0.25) is 0 Å². The van der Waals surface area contributed by atoms with Crippen LogP contribution in [-0.4, -0.2) is 5.51 Å². The van der Waals surface area contributed by atoms with Crippen LogP contribution in [0, 0.1) is 5.92 Å². The fourth-order valence-electron chi connectivity index (χ4n) is 3.83. The van der Waals surface area contributed by atoms with Crippen LogP contribution in [0.25, 0.3) is 6.08 Å². The van der Waals surface area contributed by atoms with Gasteiger partial charge in [0, 0.05) is 4.90 Å². The zero-order valence-corrected chi connectivity index (χ0v) is 14.8. The first kappa shape index (κ1) is 17.2. The quantitative estimate of drug-likeness (QED) is 0.480. The summed E-state index contributed by atoms with van der Waals surface area (Å²) in [5.74, 6) is -0.0243. The minimum atomic E-state index is -4.40. The van der Waals surface area contributed by atoms with Gasteiger partial charge in [-0.2, -0.15) is 13.2 Å². The number of benzene rings is 1. The van der Waals surface area contributed by atoms with Crippen molar-refractivity contribution in [3.05, 3.63) is 34.2 Å². The maximum atomic E-state index is 14.0. The van der Waals surface area contributed by atoms with Crippen LogP contribution in [0.3, 0.4) is 0 Å². The number of rotatable bonds is 2. The summed E-state index contributed by atoms with van der Waals surface area (Å²) >= 11 is 0. The lowest BCUT2D eigenvalue weighted by Gasteiger charge is -2.37. The Morgan fingerprint density at radius 2 is 1.78 bits per heavy atom. The van der Waals surface area contributed by atoms with Crippen LogP contribution in [0.2, 0.25) is 0 Å². The van der Waals surface area contributed by atoms with Crippen LogP contribution >= 0.6 is 19.9 Å². The molecule has 0 N–H and O–H groups in total. The molecule has 0 nitrogen and oxygen atoms in total. The first-order chi connectivity index (χ1) is 10.9. The molecule has 1 heterocycles. The van der Waals surface area contributed by atoms with E-state index < -0.39 is 14.7 Å². The molecule has 0 radical (unpaired) electrons. The van der Waals surface area contributed by atoms with Gasteiger partial charge in [0.1, 0.15) is 0 Å². The Morgan fingerprint density at radius 1 is 1.13 bits per heavy atom. The lowest BCUT2D eigenvalue weighted by molar-refractivity contribution is -0.0361. The third-order valence-corrected chi connectivity index (χ3v) is 9.29. The van der Waals surface area contributed by atoms with Gasteiger partial charge in [0.15, 0.2) is 0 Å². The summed E-state index contributed by atoms with van der Waals surface area (Å²) in [6.45, 7) is 1.98. The second-order valence-electron chi connectivity index (χ2n) is 6.40. The molecule has 1 aliphatic heterocycles. The summed E-state index contributed by atoms with van der Waals surface area (Å²) in [6.07, 6.45) is 8.42. The predicted molar refractivity (Wildman–Crippen MR) is 92.8 cm³/mol. The van der Waals surface area contributed by atoms with E-state index in [-0.39, 0.29) is 5.92 Å². The average Bonchev–Trinajstić information content (AvgIpc) is 2.68. The molecule has 0 aromatic heterocycles. The highest BCUT2D eigenvalue weighted by molar-refractivity contribution is 8.54. The van der Waals surface area contributed by atoms with Crippen molar-refractivity contribution in [2.75, 3.05) is 0 Å². The van der Waals surface area contributed by atoms with Crippen LogP contribution in [-0.2, 0) is 6.42 Å². The lowest BCUT2D eigenvalue weighted by atomic mass is 9.97. The van der Waals surface area contributed by atoms with Crippen molar-refractivity contribution >= 4 is 26.0 Å². The number of hydrogen-bond acceptors (Lipinski definition) is 0. The Balaban J connectivity index is 2.13. The number of alkyl halides is 3. The molecule has 1 atom stereocenters. The number of allylic oxidation sites excluding steroid dienone is 1. The van der Waals surface area contributed by atoms with Gasteiger partial charge >= 0.3 is 5.51 Å². The fourth-order valence-corrected chi connectivity index (χ4v) is 7.25. The molecular weight excluding hydrogens is 341 g/mol. The third-order valence-electron chi connectivity index (χ3n) is 5.03. The van der Waals surface area contributed by atoms with Gasteiger partial charge in [0.05, 0.1) is 0 Å². The van der Waals surface area contributed by atoms with Gasteiger partial charge in [-0.25, -0.2) is 0 Å². The molecule has 3 rings (SSSR count). The van der Waals surface area contributed by atoms with Gasteiger partial charge in [-0.15, -0.1) is 0 Å². The van der Waals surface area contributed by atoms with Gasteiger partial charge in [0.2, 0.25) is 0 Å². The normalized spacial score (nSPS) is 28.7. The number of fused-ring (bicyclic) bond motifs is 1. The highest BCUT2D eigenvalue weighted by Crippen LogP contribution is 2.81. The summed E-state index contributed by atoms with van der Waals surface area (Å²) in [5.41, 5.74) is -2.70. The van der Waals surface area contributed by atoms with Gasteiger partial charge < -0.3 is 0 Å². The van der Waals surface area contributed by atoms with Crippen molar-refractivity contribution in [1.29, 1.82) is 0 Å². The maximum Gasteiger partial charge on any atom is 0.445 e. The van der Waals surface area contributed by atoms with Crippen molar-refractivity contribution in [2.45, 2.75) is 62.3 Å². The van der Waals surface area contributed by atoms with E-state index in [4.69, 9.17) is 10.7 Å². The highest BCUT2D eigenvalue weighted by atomic mass is 35.7. The molecule has 1 saturated carbocycles. The Labute approximate surface area is 141 Å². The second kappa shape index (κ2) is 6.36. The number of hydrogen-bond donors (Lipinski definition) is 0. The van der Waals surface area contributed by atoms with Crippen molar-refractivity contribution < 1.29 is 13.2 Å². The number of aryl methyl sites for hydroxylation is 1. The molecular formula is C18H22ClF3S. The van der Waals surface area contributed by atoms with Crippen LogP contribution in [0.5, 0.6) is 0 Å². The molecule has 1 aliphatic carbocycles. The van der Waals surface area contributed by atoms with E-state index in [0.717, 1.165) is 56.1 Å². The first-order valence-electron chi connectivity index (χ1n) is 8.32. The Bertz CT molecular complexity index is 615. The average molecular weight is 363 g/mol. The Hall–Kier alpha value is -0.610. The van der Waals surface area contributed by atoms with Crippen LogP contribution in [0.1, 0.15) is 56.6 Å². The molecule has 2 aliphatic rings. The van der Waals surface area contributed by atoms with Crippen LogP contribution in [0.15, 0.2) is 28.0 Å². The number of halogens is 4. The van der Waals surface area contributed by atoms with Crippen molar-refractivity contribution in [3.63, 3.8) is 0 Å². The maximum absolute atomic E-state index is 14.0. The summed E-state index contributed by atoms with van der Waals surface area (Å²) in [7, 11) is 3.01. The SMILES string of the molecule is CCc1cccc2c1C=C(C1CCCCCC1)S2(Cl)C(F)(F)F. The van der Waals surface area contributed by atoms with E-state index in [2.05, 4.69) is 0 Å². The van der Waals surface area contributed by atoms with Crippen molar-refractivity contribution in [2.24, 2.45) is 5.92 Å². The highest BCUT2D eigenvalue weighted by Gasteiger charge is 2.57. The topological polar surface area (TPSA) is 0 Å². The van der Waals surface area contributed by atoms with Gasteiger partial charge in [-0.05, 0) is 73.3 Å². The largest absolute Gasteiger partial charge is 0.445 e. The summed E-state index contributed by atoms with van der Waals surface area (Å²) in [4.78, 5) is 0.773. The van der Waals surface area contributed by atoms with E-state index in [1.807, 2.05) is 13.0 Å². The Kier molecular flexibility index (Phi) is 4.76. The summed E-state index contributed by atoms with van der Waals surface area (Å²) in [6, 6.07) is 5.22. The molecule has 0 spiro atoms. The minimum Gasteiger partial charge on any atom is -0.160 e. The van der Waals surface area contributed by atoms with Gasteiger partial charge in [0.25, 0.3) is 0 Å². The van der Waals surface area contributed by atoms with Crippen LogP contribution < -0.4 is 0 Å². The molecule has 0 amide bonds. The van der Waals surface area contributed by atoms with E-state index in [1.54, 1.807) is 18.2 Å². The zero-order valence-electron chi connectivity index (χ0n) is 13.3. The smallest absolute Gasteiger partial charge is 0.160 e. The summed E-state index contributed by atoms with van der Waals surface area (Å²) in [5, 5.41) is 0. The zero-order chi connectivity index (χ0) is 16.7.